The second-order valence-electron chi connectivity index (χ2n) is 5.11. The molecule has 0 radical (unpaired) electrons. The zero-order valence-electron chi connectivity index (χ0n) is 14.0. The predicted molar refractivity (Wildman–Crippen MR) is 101 cm³/mol. The molecule has 0 spiro atoms. The number of para-hydroxylation sites is 1. The zero-order chi connectivity index (χ0) is 20.7. The number of rotatable bonds is 4. The van der Waals surface area contributed by atoms with E-state index in [4.69, 9.17) is 0 Å². The van der Waals surface area contributed by atoms with Gasteiger partial charge in [0.25, 0.3) is 17.1 Å². The van der Waals surface area contributed by atoms with Crippen molar-refractivity contribution in [3.05, 3.63) is 72.8 Å². The van der Waals surface area contributed by atoms with Crippen LogP contribution in [0.25, 0.3) is 0 Å². The Labute approximate surface area is 161 Å². The highest BCUT2D eigenvalue weighted by Crippen LogP contribution is 2.36. The van der Waals surface area contributed by atoms with Gasteiger partial charge in [-0.05, 0) is 12.1 Å². The Kier molecular flexibility index (Phi) is 6.81. The van der Waals surface area contributed by atoms with E-state index in [-0.39, 0.29) is 0 Å². The molecule has 0 saturated heterocycles. The van der Waals surface area contributed by atoms with Crippen molar-refractivity contribution in [2.24, 2.45) is 4.99 Å². The number of anilines is 1. The molecule has 0 amide bonds. The summed E-state index contributed by atoms with van der Waals surface area (Å²) in [6.45, 7) is 0.944. The summed E-state index contributed by atoms with van der Waals surface area (Å²) in [6, 6.07) is 10.9. The van der Waals surface area contributed by atoms with Crippen LogP contribution in [0.2, 0.25) is 0 Å². The van der Waals surface area contributed by atoms with Gasteiger partial charge in [-0.1, -0.05) is 30.0 Å². The number of benzene rings is 2. The summed E-state index contributed by atoms with van der Waals surface area (Å²) in [7, 11) is 0. The second kappa shape index (κ2) is 9.27. The summed E-state index contributed by atoms with van der Waals surface area (Å²) in [5, 5.41) is 46.4. The molecule has 0 saturated carbocycles. The van der Waals surface area contributed by atoms with Gasteiger partial charge in [0, 0.05) is 11.4 Å². The highest BCUT2D eigenvalue weighted by molar-refractivity contribution is 8.14. The van der Waals surface area contributed by atoms with Crippen LogP contribution in [0.4, 0.5) is 22.7 Å². The van der Waals surface area contributed by atoms with Crippen LogP contribution in [-0.4, -0.2) is 32.2 Å². The molecular weight excluding hydrogens is 394 g/mol. The third-order valence-corrected chi connectivity index (χ3v) is 4.14. The van der Waals surface area contributed by atoms with Gasteiger partial charge in [-0.3, -0.25) is 35.3 Å². The molecule has 146 valence electrons. The van der Waals surface area contributed by atoms with Crippen molar-refractivity contribution in [1.29, 1.82) is 0 Å². The smallest absolute Gasteiger partial charge is 0.283 e. The average Bonchev–Trinajstić information content (AvgIpc) is 3.15. The molecule has 1 N–H and O–H groups in total. The first-order chi connectivity index (χ1) is 13.3. The second-order valence-corrected chi connectivity index (χ2v) is 6.19. The third-order valence-electron chi connectivity index (χ3n) is 3.25. The van der Waals surface area contributed by atoms with E-state index in [0.717, 1.165) is 23.2 Å². The SMILES string of the molecule is O=[N+]([O-])c1cc([N+](=O)[O-])c([O-])c([N+](=O)[O-])c1.c1ccc(NC2=NCCS2)cc1. The zero-order valence-corrected chi connectivity index (χ0v) is 14.8. The number of hydrogen-bond acceptors (Lipinski definition) is 10. The van der Waals surface area contributed by atoms with E-state index >= 15 is 0 Å². The maximum absolute atomic E-state index is 11.1. The fourth-order valence-electron chi connectivity index (χ4n) is 2.02. The van der Waals surface area contributed by atoms with Crippen LogP contribution in [0.15, 0.2) is 47.5 Å². The number of nitrogens with one attached hydrogen (secondary N) is 1. The number of nitro groups is 3. The molecule has 1 aliphatic heterocycles. The molecule has 1 aliphatic rings. The van der Waals surface area contributed by atoms with Gasteiger partial charge in [0.15, 0.2) is 5.17 Å². The fraction of sp³-hybridized carbons (Fsp3) is 0.133. The molecule has 0 atom stereocenters. The third kappa shape index (κ3) is 5.38. The molecule has 13 heteroatoms. The Hall–Kier alpha value is -3.74. The van der Waals surface area contributed by atoms with Gasteiger partial charge < -0.3 is 10.4 Å². The van der Waals surface area contributed by atoms with E-state index in [1.54, 1.807) is 11.8 Å². The van der Waals surface area contributed by atoms with Gasteiger partial charge in [-0.15, -0.1) is 0 Å². The number of thioether (sulfide) groups is 1. The number of aliphatic imine (C=N–C) groups is 1. The van der Waals surface area contributed by atoms with Gasteiger partial charge in [0.2, 0.25) is 0 Å². The Balaban J connectivity index is 0.000000207. The van der Waals surface area contributed by atoms with Crippen molar-refractivity contribution in [1.82, 2.24) is 0 Å². The molecule has 0 aromatic heterocycles. The van der Waals surface area contributed by atoms with Gasteiger partial charge >= 0.3 is 0 Å². The van der Waals surface area contributed by atoms with Crippen LogP contribution in [0, 0.1) is 30.3 Å². The lowest BCUT2D eigenvalue weighted by atomic mass is 10.2. The van der Waals surface area contributed by atoms with Crippen LogP contribution in [0.5, 0.6) is 5.75 Å². The maximum Gasteiger partial charge on any atom is 0.283 e. The van der Waals surface area contributed by atoms with Crippen molar-refractivity contribution in [2.75, 3.05) is 17.6 Å². The summed E-state index contributed by atoms with van der Waals surface area (Å²) in [4.78, 5) is 31.8. The molecule has 2 aromatic carbocycles. The van der Waals surface area contributed by atoms with Gasteiger partial charge in [0.1, 0.15) is 0 Å². The highest BCUT2D eigenvalue weighted by Gasteiger charge is 2.24. The molecule has 0 bridgehead atoms. The summed E-state index contributed by atoms with van der Waals surface area (Å²) >= 11 is 1.78. The molecule has 28 heavy (non-hydrogen) atoms. The summed E-state index contributed by atoms with van der Waals surface area (Å²) in [6.07, 6.45) is 0. The van der Waals surface area contributed by atoms with E-state index in [9.17, 15) is 35.4 Å². The van der Waals surface area contributed by atoms with Crippen LogP contribution in [0.1, 0.15) is 0 Å². The van der Waals surface area contributed by atoms with Crippen molar-refractivity contribution >= 4 is 39.7 Å². The first-order valence-electron chi connectivity index (χ1n) is 7.57. The Bertz CT molecular complexity index is 901. The number of amidine groups is 1. The summed E-state index contributed by atoms with van der Waals surface area (Å²) < 4.78 is 0. The van der Waals surface area contributed by atoms with Crippen LogP contribution in [-0.2, 0) is 0 Å². The number of nitro benzene ring substituents is 3. The minimum absolute atomic E-state index is 0.384. The molecule has 12 nitrogen and oxygen atoms in total. The van der Waals surface area contributed by atoms with Gasteiger partial charge in [0.05, 0.1) is 39.2 Å². The summed E-state index contributed by atoms with van der Waals surface area (Å²) in [5.41, 5.74) is -2.15. The Morgan fingerprint density at radius 1 is 0.929 bits per heavy atom. The quantitative estimate of drug-likeness (QED) is 0.590. The predicted octanol–water partition coefficient (Wildman–Crippen LogP) is 2.69. The Morgan fingerprint density at radius 3 is 1.93 bits per heavy atom. The first kappa shape index (κ1) is 20.6. The van der Waals surface area contributed by atoms with E-state index in [2.05, 4.69) is 10.3 Å². The van der Waals surface area contributed by atoms with Crippen molar-refractivity contribution < 1.29 is 19.9 Å². The minimum Gasteiger partial charge on any atom is -0.863 e. The summed E-state index contributed by atoms with van der Waals surface area (Å²) in [5.74, 6) is -0.351. The molecular formula is C15H12N5O7S-. The molecule has 0 unspecified atom stereocenters. The lowest BCUT2D eigenvalue weighted by Crippen LogP contribution is -2.04. The van der Waals surface area contributed by atoms with Crippen LogP contribution in [0.3, 0.4) is 0 Å². The van der Waals surface area contributed by atoms with Crippen molar-refractivity contribution in [3.8, 4) is 5.75 Å². The minimum atomic E-state index is -1.46. The topological polar surface area (TPSA) is 177 Å². The average molecular weight is 406 g/mol. The van der Waals surface area contributed by atoms with Crippen molar-refractivity contribution in [2.45, 2.75) is 0 Å². The van der Waals surface area contributed by atoms with E-state index in [1.807, 2.05) is 30.3 Å². The maximum atomic E-state index is 11.1. The largest absolute Gasteiger partial charge is 0.863 e. The fourth-order valence-corrected chi connectivity index (χ4v) is 2.77. The lowest BCUT2D eigenvalue weighted by Gasteiger charge is -2.06. The molecule has 1 heterocycles. The lowest BCUT2D eigenvalue weighted by molar-refractivity contribution is -0.420. The number of hydrogen-bond donors (Lipinski definition) is 1. The molecule has 3 rings (SSSR count). The number of nitrogens with zero attached hydrogens (tertiary/aromatic N) is 4. The Morgan fingerprint density at radius 2 is 1.50 bits per heavy atom. The van der Waals surface area contributed by atoms with Crippen LogP contribution < -0.4 is 10.4 Å². The molecule has 0 fully saturated rings. The van der Waals surface area contributed by atoms with Crippen molar-refractivity contribution in [3.63, 3.8) is 0 Å². The van der Waals surface area contributed by atoms with E-state index in [1.165, 1.54) is 0 Å². The van der Waals surface area contributed by atoms with Gasteiger partial charge in [-0.25, -0.2) is 0 Å². The standard InChI is InChI=1S/C9H10N2S.C6H3N3O7/c1-2-4-8(5-3-1)11-9-10-6-7-12-9;10-6-4(8(13)14)1-3(7(11)12)2-5(6)9(15)16/h1-5H,6-7H2,(H,10,11);1-2,10H/p-1. The normalized spacial score (nSPS) is 12.4. The van der Waals surface area contributed by atoms with Crippen LogP contribution >= 0.6 is 11.8 Å². The molecule has 0 aliphatic carbocycles. The first-order valence-corrected chi connectivity index (χ1v) is 8.55. The van der Waals surface area contributed by atoms with E-state index < -0.39 is 37.6 Å². The number of non-ortho nitro benzene ring substituents is 1. The molecule has 2 aromatic rings. The highest BCUT2D eigenvalue weighted by atomic mass is 32.2. The van der Waals surface area contributed by atoms with E-state index in [0.29, 0.717) is 12.1 Å². The van der Waals surface area contributed by atoms with Gasteiger partial charge in [-0.2, -0.15) is 0 Å². The monoisotopic (exact) mass is 406 g/mol.